The highest BCUT2D eigenvalue weighted by Gasteiger charge is 2.37. The summed E-state index contributed by atoms with van der Waals surface area (Å²) in [5.74, 6) is -5.00. The molecule has 2 atom stereocenters. The van der Waals surface area contributed by atoms with Gasteiger partial charge in [-0.05, 0) is 31.5 Å². The van der Waals surface area contributed by atoms with Gasteiger partial charge in [0.05, 0.1) is 37.5 Å². The maximum absolute atomic E-state index is 12.6. The summed E-state index contributed by atoms with van der Waals surface area (Å²) in [7, 11) is 0. The van der Waals surface area contributed by atoms with Crippen molar-refractivity contribution in [1.82, 2.24) is 5.32 Å². The lowest BCUT2D eigenvalue weighted by Crippen LogP contribution is -2.52. The second kappa shape index (κ2) is 11.2. The van der Waals surface area contributed by atoms with Gasteiger partial charge >= 0.3 is 18.1 Å². The van der Waals surface area contributed by atoms with Crippen LogP contribution in [0.1, 0.15) is 31.4 Å². The fraction of sp³-hybridized carbons (Fsp3) is 0.474. The average molecular weight is 432 g/mol. The van der Waals surface area contributed by atoms with Gasteiger partial charge in [0, 0.05) is 0 Å². The van der Waals surface area contributed by atoms with E-state index in [1.807, 2.05) is 0 Å². The molecule has 0 radical (unpaired) electrons. The maximum Gasteiger partial charge on any atom is 0.416 e. The zero-order chi connectivity index (χ0) is 22.9. The van der Waals surface area contributed by atoms with Crippen LogP contribution < -0.4 is 11.1 Å². The van der Waals surface area contributed by atoms with Gasteiger partial charge in [0.1, 0.15) is 6.04 Å². The van der Waals surface area contributed by atoms with Gasteiger partial charge in [-0.1, -0.05) is 12.1 Å². The molecule has 2 amide bonds. The molecule has 30 heavy (non-hydrogen) atoms. The maximum atomic E-state index is 12.6. The molecule has 0 saturated carbocycles. The van der Waals surface area contributed by atoms with Crippen molar-refractivity contribution in [3.05, 3.63) is 35.4 Å². The monoisotopic (exact) mass is 432 g/mol. The van der Waals surface area contributed by atoms with Crippen LogP contribution in [0.25, 0.3) is 0 Å². The van der Waals surface area contributed by atoms with E-state index in [-0.39, 0.29) is 25.2 Å². The highest BCUT2D eigenvalue weighted by atomic mass is 19.4. The lowest BCUT2D eigenvalue weighted by Gasteiger charge is -2.23. The quantitative estimate of drug-likeness (QED) is 0.538. The number of carbonyl (C=O) groups is 4. The van der Waals surface area contributed by atoms with E-state index < -0.39 is 53.9 Å². The van der Waals surface area contributed by atoms with Gasteiger partial charge in [0.25, 0.3) is 0 Å². The molecule has 1 aromatic carbocycles. The summed E-state index contributed by atoms with van der Waals surface area (Å²) < 4.78 is 47.5. The van der Waals surface area contributed by atoms with E-state index in [9.17, 15) is 32.3 Å². The number of primary amides is 1. The first-order valence-electron chi connectivity index (χ1n) is 9.06. The van der Waals surface area contributed by atoms with Crippen molar-refractivity contribution in [1.29, 1.82) is 0 Å². The first-order chi connectivity index (χ1) is 14.0. The number of nitrogens with two attached hydrogens (primary N) is 1. The van der Waals surface area contributed by atoms with Crippen LogP contribution in [0.3, 0.4) is 0 Å². The van der Waals surface area contributed by atoms with Gasteiger partial charge < -0.3 is 20.5 Å². The number of hydrogen-bond donors (Lipinski definition) is 2. The molecule has 0 fully saturated rings. The second-order valence-electron chi connectivity index (χ2n) is 6.19. The van der Waals surface area contributed by atoms with E-state index in [1.165, 1.54) is 6.92 Å². The van der Waals surface area contributed by atoms with Crippen molar-refractivity contribution in [2.75, 3.05) is 13.2 Å². The summed E-state index contributed by atoms with van der Waals surface area (Å²) in [4.78, 5) is 48.1. The summed E-state index contributed by atoms with van der Waals surface area (Å²) in [6.07, 6.45) is -5.45. The first-order valence-corrected chi connectivity index (χ1v) is 9.06. The van der Waals surface area contributed by atoms with Crippen LogP contribution in [0.5, 0.6) is 0 Å². The molecule has 1 aromatic rings. The van der Waals surface area contributed by atoms with Crippen molar-refractivity contribution < 1.29 is 41.8 Å². The van der Waals surface area contributed by atoms with Gasteiger partial charge in [-0.2, -0.15) is 13.2 Å². The minimum Gasteiger partial charge on any atom is -0.466 e. The molecule has 0 spiro atoms. The number of amides is 2. The third-order valence-electron chi connectivity index (χ3n) is 3.95. The molecule has 8 nitrogen and oxygen atoms in total. The van der Waals surface area contributed by atoms with E-state index in [0.29, 0.717) is 0 Å². The van der Waals surface area contributed by atoms with Crippen molar-refractivity contribution in [2.24, 2.45) is 11.7 Å². The molecule has 0 unspecified atom stereocenters. The molecular weight excluding hydrogens is 409 g/mol. The molecule has 166 valence electrons. The second-order valence-corrected chi connectivity index (χ2v) is 6.19. The van der Waals surface area contributed by atoms with Crippen LogP contribution >= 0.6 is 0 Å². The molecule has 0 aliphatic carbocycles. The van der Waals surface area contributed by atoms with Crippen LogP contribution in [-0.4, -0.2) is 43.0 Å². The fourth-order valence-electron chi connectivity index (χ4n) is 2.58. The molecule has 0 saturated heterocycles. The average Bonchev–Trinajstić information content (AvgIpc) is 2.64. The summed E-state index contributed by atoms with van der Waals surface area (Å²) in [5, 5.41) is 2.25. The van der Waals surface area contributed by atoms with Crippen LogP contribution in [0.4, 0.5) is 13.2 Å². The lowest BCUT2D eigenvalue weighted by molar-refractivity contribution is -0.157. The van der Waals surface area contributed by atoms with Gasteiger partial charge in [-0.15, -0.1) is 0 Å². The zero-order valence-electron chi connectivity index (χ0n) is 16.5. The van der Waals surface area contributed by atoms with E-state index >= 15 is 0 Å². The Balaban J connectivity index is 2.95. The van der Waals surface area contributed by atoms with Crippen LogP contribution in [0, 0.1) is 5.92 Å². The number of halogens is 3. The summed E-state index contributed by atoms with van der Waals surface area (Å²) in [6.45, 7) is 3.06. The van der Waals surface area contributed by atoms with Crippen molar-refractivity contribution in [3.8, 4) is 0 Å². The smallest absolute Gasteiger partial charge is 0.416 e. The topological polar surface area (TPSA) is 125 Å². The Morgan fingerprint density at radius 3 is 2.07 bits per heavy atom. The van der Waals surface area contributed by atoms with Gasteiger partial charge in [-0.25, -0.2) is 0 Å². The first kappa shape index (κ1) is 24.9. The van der Waals surface area contributed by atoms with Crippen molar-refractivity contribution in [2.45, 2.75) is 38.9 Å². The summed E-state index contributed by atoms with van der Waals surface area (Å²) in [6, 6.07) is 2.29. The van der Waals surface area contributed by atoms with E-state index in [0.717, 1.165) is 24.3 Å². The van der Waals surface area contributed by atoms with Crippen LogP contribution in [-0.2, 0) is 41.2 Å². The fourth-order valence-corrected chi connectivity index (χ4v) is 2.58. The Morgan fingerprint density at radius 2 is 1.60 bits per heavy atom. The Morgan fingerprint density at radius 1 is 1.03 bits per heavy atom. The normalized spacial score (nSPS) is 13.1. The van der Waals surface area contributed by atoms with Crippen LogP contribution in [0.2, 0.25) is 0 Å². The predicted octanol–water partition coefficient (Wildman–Crippen LogP) is 1.35. The molecule has 11 heteroatoms. The molecule has 0 aliphatic rings. The van der Waals surface area contributed by atoms with Gasteiger partial charge in [-0.3, -0.25) is 19.2 Å². The van der Waals surface area contributed by atoms with Crippen LogP contribution in [0.15, 0.2) is 24.3 Å². The third-order valence-corrected chi connectivity index (χ3v) is 3.95. The molecule has 0 aromatic heterocycles. The van der Waals surface area contributed by atoms with E-state index in [2.05, 4.69) is 5.32 Å². The minimum atomic E-state index is -4.52. The molecule has 1 rings (SSSR count). The minimum absolute atomic E-state index is 0.0376. The number of hydrogen-bond acceptors (Lipinski definition) is 6. The largest absolute Gasteiger partial charge is 0.466 e. The lowest BCUT2D eigenvalue weighted by atomic mass is 9.95. The number of benzene rings is 1. The SMILES string of the molecule is CCOC(=O)C[C@@H](C(=O)OCC)[C@@H](NC(=O)Cc1ccc(C(F)(F)F)cc1)C(N)=O. The number of esters is 2. The number of nitrogens with one attached hydrogen (secondary N) is 1. The van der Waals surface area contributed by atoms with Gasteiger partial charge in [0.2, 0.25) is 11.8 Å². The zero-order valence-corrected chi connectivity index (χ0v) is 16.5. The van der Waals surface area contributed by atoms with E-state index in [4.69, 9.17) is 15.2 Å². The number of ether oxygens (including phenoxy) is 2. The Bertz CT molecular complexity index is 765. The molecule has 0 bridgehead atoms. The summed E-state index contributed by atoms with van der Waals surface area (Å²) in [5.41, 5.74) is 4.65. The predicted molar refractivity (Wildman–Crippen MR) is 97.6 cm³/mol. The standard InChI is InChI=1S/C19H23F3N2O6/c1-3-29-15(26)10-13(18(28)30-4-2)16(17(23)27)24-14(25)9-11-5-7-12(8-6-11)19(20,21)22/h5-8,13,16H,3-4,9-10H2,1-2H3,(H2,23,27)(H,24,25)/t13-,16-/m1/s1. The van der Waals surface area contributed by atoms with Crippen molar-refractivity contribution >= 4 is 23.8 Å². The highest BCUT2D eigenvalue weighted by Crippen LogP contribution is 2.29. The highest BCUT2D eigenvalue weighted by molar-refractivity contribution is 5.93. The molecule has 3 N–H and O–H groups in total. The van der Waals surface area contributed by atoms with Gasteiger partial charge in [0.15, 0.2) is 0 Å². The Kier molecular flexibility index (Phi) is 9.28. The third kappa shape index (κ3) is 7.72. The van der Waals surface area contributed by atoms with E-state index in [1.54, 1.807) is 6.92 Å². The molecule has 0 heterocycles. The molecular formula is C19H23F3N2O6. The number of rotatable bonds is 10. The number of carbonyl (C=O) groups excluding carboxylic acids is 4. The molecule has 0 aliphatic heterocycles. The Labute approximate surface area is 170 Å². The van der Waals surface area contributed by atoms with Crippen molar-refractivity contribution in [3.63, 3.8) is 0 Å². The number of alkyl halides is 3. The summed E-state index contributed by atoms with van der Waals surface area (Å²) >= 11 is 0. The Hall–Kier alpha value is -3.11.